The molecule has 2 atom stereocenters. The van der Waals surface area contributed by atoms with Crippen molar-refractivity contribution in [3.63, 3.8) is 0 Å². The van der Waals surface area contributed by atoms with Crippen molar-refractivity contribution in [1.29, 1.82) is 0 Å². The Morgan fingerprint density at radius 1 is 1.10 bits per heavy atom. The lowest BCUT2D eigenvalue weighted by Crippen LogP contribution is -2.49. The van der Waals surface area contributed by atoms with E-state index in [0.29, 0.717) is 38.4 Å². The molecule has 3 aliphatic heterocycles. The molecule has 0 radical (unpaired) electrons. The van der Waals surface area contributed by atoms with Gasteiger partial charge in [0.15, 0.2) is 0 Å². The molecule has 1 aromatic rings. The van der Waals surface area contributed by atoms with Crippen molar-refractivity contribution in [3.8, 4) is 0 Å². The Balaban J connectivity index is 1.61. The van der Waals surface area contributed by atoms with E-state index < -0.39 is 5.41 Å². The lowest BCUT2D eigenvalue weighted by Gasteiger charge is -2.32. The van der Waals surface area contributed by atoms with Crippen molar-refractivity contribution in [2.75, 3.05) is 39.3 Å². The Bertz CT molecular complexity index is 813. The van der Waals surface area contributed by atoms with Crippen LogP contribution in [0.5, 0.6) is 0 Å². The van der Waals surface area contributed by atoms with E-state index in [4.69, 9.17) is 0 Å². The average Bonchev–Trinajstić information content (AvgIpc) is 3.48. The predicted octanol–water partition coefficient (Wildman–Crippen LogP) is 1.08. The number of amides is 3. The molecule has 0 saturated carbocycles. The Morgan fingerprint density at radius 3 is 2.41 bits per heavy atom. The van der Waals surface area contributed by atoms with Gasteiger partial charge in [0, 0.05) is 63.8 Å². The molecule has 29 heavy (non-hydrogen) atoms. The Kier molecular flexibility index (Phi) is 5.12. The van der Waals surface area contributed by atoms with Gasteiger partial charge < -0.3 is 14.7 Å². The number of nitrogens with zero attached hydrogens (tertiary/aromatic N) is 5. The number of hydrogen-bond acceptors (Lipinski definition) is 4. The molecule has 4 rings (SSSR count). The van der Waals surface area contributed by atoms with Crippen LogP contribution in [0.3, 0.4) is 0 Å². The van der Waals surface area contributed by atoms with Crippen LogP contribution in [-0.2, 0) is 16.1 Å². The number of likely N-dealkylation sites (tertiary alicyclic amines) is 3. The first-order chi connectivity index (χ1) is 13.9. The maximum atomic E-state index is 13.6. The molecule has 8 heteroatoms. The number of aromatic nitrogens is 2. The summed E-state index contributed by atoms with van der Waals surface area (Å²) < 4.78 is 1.69. The van der Waals surface area contributed by atoms with Gasteiger partial charge in [0.05, 0.1) is 5.41 Å². The van der Waals surface area contributed by atoms with E-state index in [1.54, 1.807) is 21.8 Å². The summed E-state index contributed by atoms with van der Waals surface area (Å²) in [6.45, 7) is 9.78. The smallest absolute Gasteiger partial charge is 0.272 e. The summed E-state index contributed by atoms with van der Waals surface area (Å²) in [5.74, 6) is 0.0343. The van der Waals surface area contributed by atoms with E-state index in [1.165, 1.54) is 0 Å². The highest BCUT2D eigenvalue weighted by atomic mass is 16.2. The molecule has 0 unspecified atom stereocenters. The van der Waals surface area contributed by atoms with Gasteiger partial charge in [-0.3, -0.25) is 19.1 Å². The molecule has 0 bridgehead atoms. The topological polar surface area (TPSA) is 78.8 Å². The molecular formula is C21H31N5O3. The van der Waals surface area contributed by atoms with Gasteiger partial charge in [-0.25, -0.2) is 0 Å². The molecule has 8 nitrogen and oxygen atoms in total. The Morgan fingerprint density at radius 2 is 1.76 bits per heavy atom. The molecule has 0 aromatic carbocycles. The van der Waals surface area contributed by atoms with Gasteiger partial charge in [0.2, 0.25) is 11.8 Å². The van der Waals surface area contributed by atoms with E-state index in [2.05, 4.69) is 5.10 Å². The zero-order valence-electron chi connectivity index (χ0n) is 17.6. The summed E-state index contributed by atoms with van der Waals surface area (Å²) in [6, 6.07) is 1.74. The summed E-state index contributed by atoms with van der Waals surface area (Å²) in [6.07, 6.45) is 3.70. The van der Waals surface area contributed by atoms with Crippen molar-refractivity contribution >= 4 is 17.7 Å². The van der Waals surface area contributed by atoms with Gasteiger partial charge >= 0.3 is 0 Å². The van der Waals surface area contributed by atoms with Gasteiger partial charge in [0.25, 0.3) is 5.91 Å². The lowest BCUT2D eigenvalue weighted by atomic mass is 9.79. The summed E-state index contributed by atoms with van der Waals surface area (Å²) in [7, 11) is 0. The number of hydrogen-bond donors (Lipinski definition) is 0. The molecule has 4 heterocycles. The normalized spacial score (nSPS) is 26.5. The van der Waals surface area contributed by atoms with Crippen LogP contribution in [0, 0.1) is 17.3 Å². The number of carbonyl (C=O) groups is 3. The molecular weight excluding hydrogens is 370 g/mol. The predicted molar refractivity (Wildman–Crippen MR) is 107 cm³/mol. The van der Waals surface area contributed by atoms with Gasteiger partial charge in [-0.2, -0.15) is 5.10 Å². The average molecular weight is 402 g/mol. The van der Waals surface area contributed by atoms with Gasteiger partial charge in [-0.1, -0.05) is 13.8 Å². The highest BCUT2D eigenvalue weighted by Gasteiger charge is 2.60. The lowest BCUT2D eigenvalue weighted by molar-refractivity contribution is -0.141. The molecule has 0 aliphatic carbocycles. The van der Waals surface area contributed by atoms with E-state index in [0.717, 1.165) is 25.9 Å². The molecule has 3 fully saturated rings. The number of rotatable bonds is 4. The standard InChI is InChI=1S/C21H31N5O3/c1-4-26-17(7-8-22-26)19(28)25-12-16-11-24(18(27)15(2)3)13-21(16,14-25)20(29)23-9-5-6-10-23/h7-8,15-16H,4-6,9-14H2,1-3H3/t16-,21-/m0/s1. The van der Waals surface area contributed by atoms with Gasteiger partial charge in [-0.05, 0) is 25.8 Å². The van der Waals surface area contributed by atoms with Crippen molar-refractivity contribution in [2.24, 2.45) is 17.3 Å². The van der Waals surface area contributed by atoms with Crippen LogP contribution in [0.25, 0.3) is 0 Å². The second-order valence-electron chi connectivity index (χ2n) is 8.94. The first-order valence-corrected chi connectivity index (χ1v) is 10.8. The van der Waals surface area contributed by atoms with E-state index >= 15 is 0 Å². The van der Waals surface area contributed by atoms with E-state index in [1.807, 2.05) is 30.6 Å². The molecule has 158 valence electrons. The minimum Gasteiger partial charge on any atom is -0.342 e. The third-order valence-corrected chi connectivity index (χ3v) is 6.76. The van der Waals surface area contributed by atoms with Crippen LogP contribution in [0.2, 0.25) is 0 Å². The quantitative estimate of drug-likeness (QED) is 0.756. The van der Waals surface area contributed by atoms with Crippen LogP contribution < -0.4 is 0 Å². The van der Waals surface area contributed by atoms with Crippen molar-refractivity contribution < 1.29 is 14.4 Å². The first kappa shape index (κ1) is 19.9. The van der Waals surface area contributed by atoms with E-state index in [-0.39, 0.29) is 29.6 Å². The highest BCUT2D eigenvalue weighted by Crippen LogP contribution is 2.45. The van der Waals surface area contributed by atoms with Crippen LogP contribution in [0.4, 0.5) is 0 Å². The van der Waals surface area contributed by atoms with Crippen molar-refractivity contribution in [1.82, 2.24) is 24.5 Å². The summed E-state index contributed by atoms with van der Waals surface area (Å²) >= 11 is 0. The fourth-order valence-electron chi connectivity index (χ4n) is 5.22. The van der Waals surface area contributed by atoms with Crippen LogP contribution in [-0.4, -0.2) is 81.5 Å². The maximum Gasteiger partial charge on any atom is 0.272 e. The maximum absolute atomic E-state index is 13.6. The largest absolute Gasteiger partial charge is 0.342 e. The summed E-state index contributed by atoms with van der Waals surface area (Å²) in [4.78, 5) is 45.0. The Hall–Kier alpha value is -2.38. The fraction of sp³-hybridized carbons (Fsp3) is 0.714. The molecule has 0 spiro atoms. The zero-order valence-corrected chi connectivity index (χ0v) is 17.6. The highest BCUT2D eigenvalue weighted by molar-refractivity contribution is 5.94. The van der Waals surface area contributed by atoms with Gasteiger partial charge in [-0.15, -0.1) is 0 Å². The minimum atomic E-state index is -0.679. The third kappa shape index (κ3) is 3.22. The third-order valence-electron chi connectivity index (χ3n) is 6.76. The van der Waals surface area contributed by atoms with Crippen LogP contribution in [0.15, 0.2) is 12.3 Å². The molecule has 1 aromatic heterocycles. The second kappa shape index (κ2) is 7.46. The van der Waals surface area contributed by atoms with E-state index in [9.17, 15) is 14.4 Å². The summed E-state index contributed by atoms with van der Waals surface area (Å²) in [5, 5.41) is 4.21. The molecule has 3 aliphatic rings. The van der Waals surface area contributed by atoms with Crippen molar-refractivity contribution in [3.05, 3.63) is 18.0 Å². The molecule has 3 amide bonds. The second-order valence-corrected chi connectivity index (χ2v) is 8.94. The minimum absolute atomic E-state index is 0.0137. The molecule has 3 saturated heterocycles. The fourth-order valence-corrected chi connectivity index (χ4v) is 5.22. The number of fused-ring (bicyclic) bond motifs is 1. The summed E-state index contributed by atoms with van der Waals surface area (Å²) in [5.41, 5.74) is -0.118. The SMILES string of the molecule is CCn1nccc1C(=O)N1C[C@@H]2CN(C(=O)C(C)C)C[C@]2(C(=O)N2CCCC2)C1. The number of aryl methyl sites for hydroxylation is 1. The first-order valence-electron chi connectivity index (χ1n) is 10.8. The number of carbonyl (C=O) groups excluding carboxylic acids is 3. The molecule has 0 N–H and O–H groups in total. The monoisotopic (exact) mass is 401 g/mol. The van der Waals surface area contributed by atoms with Crippen LogP contribution in [0.1, 0.15) is 44.1 Å². The van der Waals surface area contributed by atoms with Crippen LogP contribution >= 0.6 is 0 Å². The van der Waals surface area contributed by atoms with Crippen molar-refractivity contribution in [2.45, 2.75) is 40.2 Å². The Labute approximate surface area is 171 Å². The van der Waals surface area contributed by atoms with Gasteiger partial charge in [0.1, 0.15) is 5.69 Å². The zero-order chi connectivity index (χ0) is 20.8.